The second-order valence-corrected chi connectivity index (χ2v) is 6.18. The van der Waals surface area contributed by atoms with Crippen LogP contribution in [0.4, 0.5) is 16.2 Å². The first-order valence-electron chi connectivity index (χ1n) is 8.89. The van der Waals surface area contributed by atoms with E-state index < -0.39 is 29.7 Å². The third-order valence-electron chi connectivity index (χ3n) is 4.23. The lowest BCUT2D eigenvalue weighted by molar-refractivity contribution is -0.132. The van der Waals surface area contributed by atoms with Crippen LogP contribution in [0.2, 0.25) is 0 Å². The van der Waals surface area contributed by atoms with Crippen LogP contribution in [0.3, 0.4) is 0 Å². The quantitative estimate of drug-likeness (QED) is 0.578. The van der Waals surface area contributed by atoms with Gasteiger partial charge in [-0.3, -0.25) is 14.9 Å². The summed E-state index contributed by atoms with van der Waals surface area (Å²) in [6.45, 7) is 5.78. The predicted molar refractivity (Wildman–Crippen MR) is 106 cm³/mol. The molecule has 0 aromatic heterocycles. The van der Waals surface area contributed by atoms with Gasteiger partial charge in [-0.15, -0.1) is 0 Å². The number of imide groups is 2. The molecule has 29 heavy (non-hydrogen) atoms. The van der Waals surface area contributed by atoms with Crippen molar-refractivity contribution in [2.75, 3.05) is 16.8 Å². The average molecular weight is 393 g/mol. The number of anilines is 2. The SMILES string of the molecule is C=C(Nc1ccc(C(=O)OCC)cc1)[C@@H]1C(=O)NC(=O)N(c2ccccc2)C1=O. The van der Waals surface area contributed by atoms with E-state index >= 15 is 0 Å². The maximum Gasteiger partial charge on any atom is 0.338 e. The van der Waals surface area contributed by atoms with E-state index in [-0.39, 0.29) is 12.3 Å². The Labute approximate surface area is 167 Å². The summed E-state index contributed by atoms with van der Waals surface area (Å²) < 4.78 is 4.92. The van der Waals surface area contributed by atoms with Gasteiger partial charge in [0.05, 0.1) is 17.9 Å². The van der Waals surface area contributed by atoms with Gasteiger partial charge in [-0.25, -0.2) is 14.5 Å². The fourth-order valence-electron chi connectivity index (χ4n) is 2.87. The standard InChI is InChI=1S/C21H19N3O5/c1-3-29-20(27)14-9-11-15(12-10-14)22-13(2)17-18(25)23-21(28)24(19(17)26)16-7-5-4-6-8-16/h4-12,17,22H,2-3H2,1H3,(H,23,25,28)/t17-/m1/s1. The van der Waals surface area contributed by atoms with Gasteiger partial charge in [-0.2, -0.15) is 0 Å². The summed E-state index contributed by atoms with van der Waals surface area (Å²) in [5.74, 6) is -3.20. The zero-order valence-electron chi connectivity index (χ0n) is 15.7. The van der Waals surface area contributed by atoms with Gasteiger partial charge in [-0.05, 0) is 43.3 Å². The van der Waals surface area contributed by atoms with Gasteiger partial charge in [0.2, 0.25) is 5.91 Å². The highest BCUT2D eigenvalue weighted by molar-refractivity contribution is 6.28. The van der Waals surface area contributed by atoms with Gasteiger partial charge in [0, 0.05) is 11.4 Å². The number of para-hydroxylation sites is 1. The first kappa shape index (κ1) is 19.8. The third-order valence-corrected chi connectivity index (χ3v) is 4.23. The van der Waals surface area contributed by atoms with Crippen LogP contribution in [0, 0.1) is 5.92 Å². The Morgan fingerprint density at radius 3 is 2.38 bits per heavy atom. The van der Waals surface area contributed by atoms with Gasteiger partial charge in [-0.1, -0.05) is 24.8 Å². The molecule has 2 N–H and O–H groups in total. The molecule has 0 unspecified atom stereocenters. The number of carbonyl (C=O) groups is 4. The molecule has 1 fully saturated rings. The molecule has 0 radical (unpaired) electrons. The molecule has 2 aromatic carbocycles. The molecule has 4 amide bonds. The summed E-state index contributed by atoms with van der Waals surface area (Å²) in [6, 6.07) is 13.8. The lowest BCUT2D eigenvalue weighted by atomic mass is 10.0. The number of hydrogen-bond acceptors (Lipinski definition) is 6. The highest BCUT2D eigenvalue weighted by Gasteiger charge is 2.42. The van der Waals surface area contributed by atoms with Crippen molar-refractivity contribution in [1.82, 2.24) is 5.32 Å². The minimum Gasteiger partial charge on any atom is -0.462 e. The number of nitrogens with one attached hydrogen (secondary N) is 2. The molecule has 0 bridgehead atoms. The average Bonchev–Trinajstić information content (AvgIpc) is 2.69. The molecule has 1 aliphatic rings. The van der Waals surface area contributed by atoms with Gasteiger partial charge >= 0.3 is 12.0 Å². The summed E-state index contributed by atoms with van der Waals surface area (Å²) in [6.07, 6.45) is 0. The van der Waals surface area contributed by atoms with E-state index in [1.54, 1.807) is 61.5 Å². The second kappa shape index (κ2) is 8.39. The van der Waals surface area contributed by atoms with Crippen LogP contribution in [0.1, 0.15) is 17.3 Å². The summed E-state index contributed by atoms with van der Waals surface area (Å²) in [4.78, 5) is 50.0. The molecule has 1 heterocycles. The van der Waals surface area contributed by atoms with Crippen molar-refractivity contribution >= 4 is 35.2 Å². The van der Waals surface area contributed by atoms with E-state index in [1.807, 2.05) is 0 Å². The molecule has 8 heteroatoms. The predicted octanol–water partition coefficient (Wildman–Crippen LogP) is 2.69. The number of ether oxygens (including phenoxy) is 1. The first-order chi connectivity index (χ1) is 13.9. The summed E-state index contributed by atoms with van der Waals surface area (Å²) >= 11 is 0. The van der Waals surface area contributed by atoms with Crippen molar-refractivity contribution in [2.24, 2.45) is 5.92 Å². The minimum atomic E-state index is -1.29. The number of nitrogens with zero attached hydrogens (tertiary/aromatic N) is 1. The number of carbonyl (C=O) groups excluding carboxylic acids is 4. The molecule has 0 aliphatic carbocycles. The third kappa shape index (κ3) is 4.16. The molecule has 0 saturated carbocycles. The number of urea groups is 1. The molecular weight excluding hydrogens is 374 g/mol. The number of rotatable bonds is 6. The largest absolute Gasteiger partial charge is 0.462 e. The van der Waals surface area contributed by atoms with Crippen molar-refractivity contribution in [3.8, 4) is 0 Å². The molecular formula is C21H19N3O5. The van der Waals surface area contributed by atoms with Crippen LogP contribution in [0.15, 0.2) is 66.9 Å². The van der Waals surface area contributed by atoms with Crippen LogP contribution in [0.5, 0.6) is 0 Å². The second-order valence-electron chi connectivity index (χ2n) is 6.18. The number of benzene rings is 2. The maximum atomic E-state index is 12.9. The van der Waals surface area contributed by atoms with E-state index in [0.717, 1.165) is 4.90 Å². The van der Waals surface area contributed by atoms with Crippen LogP contribution >= 0.6 is 0 Å². The van der Waals surface area contributed by atoms with Gasteiger partial charge in [0.15, 0.2) is 5.92 Å². The Hall–Kier alpha value is -3.94. The molecule has 3 rings (SSSR count). The van der Waals surface area contributed by atoms with Crippen molar-refractivity contribution in [3.63, 3.8) is 0 Å². The van der Waals surface area contributed by atoms with E-state index in [4.69, 9.17) is 4.74 Å². The highest BCUT2D eigenvalue weighted by Crippen LogP contribution is 2.25. The van der Waals surface area contributed by atoms with E-state index in [0.29, 0.717) is 16.9 Å². The van der Waals surface area contributed by atoms with Crippen LogP contribution < -0.4 is 15.5 Å². The smallest absolute Gasteiger partial charge is 0.338 e. The van der Waals surface area contributed by atoms with Crippen molar-refractivity contribution in [1.29, 1.82) is 0 Å². The van der Waals surface area contributed by atoms with Gasteiger partial charge < -0.3 is 10.1 Å². The van der Waals surface area contributed by atoms with Crippen LogP contribution in [0.25, 0.3) is 0 Å². The summed E-state index contributed by atoms with van der Waals surface area (Å²) in [5, 5.41) is 5.07. The van der Waals surface area contributed by atoms with E-state index in [1.165, 1.54) is 0 Å². The fourth-order valence-corrected chi connectivity index (χ4v) is 2.87. The van der Waals surface area contributed by atoms with Crippen molar-refractivity contribution < 1.29 is 23.9 Å². The van der Waals surface area contributed by atoms with Crippen LogP contribution in [-0.4, -0.2) is 30.4 Å². The Morgan fingerprint density at radius 1 is 1.10 bits per heavy atom. The highest BCUT2D eigenvalue weighted by atomic mass is 16.5. The monoisotopic (exact) mass is 393 g/mol. The lowest BCUT2D eigenvalue weighted by Gasteiger charge is -2.31. The summed E-state index contributed by atoms with van der Waals surface area (Å²) in [5.41, 5.74) is 1.34. The molecule has 1 aliphatic heterocycles. The zero-order valence-corrected chi connectivity index (χ0v) is 15.7. The molecule has 8 nitrogen and oxygen atoms in total. The number of amides is 4. The topological polar surface area (TPSA) is 105 Å². The fraction of sp³-hybridized carbons (Fsp3) is 0.143. The molecule has 2 aromatic rings. The first-order valence-corrected chi connectivity index (χ1v) is 8.89. The summed E-state index contributed by atoms with van der Waals surface area (Å²) in [7, 11) is 0. The minimum absolute atomic E-state index is 0.102. The normalized spacial score (nSPS) is 16.2. The number of barbiturate groups is 1. The molecule has 1 atom stereocenters. The number of hydrogen-bond donors (Lipinski definition) is 2. The number of esters is 1. The Balaban J connectivity index is 1.77. The van der Waals surface area contributed by atoms with E-state index in [9.17, 15) is 19.2 Å². The maximum absolute atomic E-state index is 12.9. The lowest BCUT2D eigenvalue weighted by Crippen LogP contribution is -2.59. The molecule has 148 valence electrons. The van der Waals surface area contributed by atoms with Crippen LogP contribution in [-0.2, 0) is 14.3 Å². The van der Waals surface area contributed by atoms with Gasteiger partial charge in [0.1, 0.15) is 0 Å². The Bertz CT molecular complexity index is 970. The van der Waals surface area contributed by atoms with Crippen molar-refractivity contribution in [2.45, 2.75) is 6.92 Å². The zero-order chi connectivity index (χ0) is 21.0. The van der Waals surface area contributed by atoms with E-state index in [2.05, 4.69) is 17.2 Å². The molecule has 1 saturated heterocycles. The Morgan fingerprint density at radius 2 is 1.76 bits per heavy atom. The van der Waals surface area contributed by atoms with Crippen molar-refractivity contribution in [3.05, 3.63) is 72.4 Å². The molecule has 0 spiro atoms. The van der Waals surface area contributed by atoms with Gasteiger partial charge in [0.25, 0.3) is 5.91 Å². The Kier molecular flexibility index (Phi) is 5.73.